The second kappa shape index (κ2) is 10.6. The number of rotatable bonds is 8. The molecule has 6 N–H and O–H groups in total. The van der Waals surface area contributed by atoms with Gasteiger partial charge in [-0.15, -0.1) is 0 Å². The molecule has 4 rings (SSSR count). The Hall–Kier alpha value is -0.330. The van der Waals surface area contributed by atoms with Crippen molar-refractivity contribution in [1.29, 1.82) is 0 Å². The van der Waals surface area contributed by atoms with Crippen molar-refractivity contribution < 1.29 is 42.7 Å². The molecule has 4 aliphatic rings. The van der Waals surface area contributed by atoms with Crippen LogP contribution in [0, 0.1) is 52.3 Å². The molecule has 0 aromatic heterocycles. The van der Waals surface area contributed by atoms with Gasteiger partial charge in [0, 0.05) is 12.5 Å². The van der Waals surface area contributed by atoms with Crippen molar-refractivity contribution in [2.45, 2.75) is 110 Å². The third kappa shape index (κ3) is 5.26. The second-order valence-electron chi connectivity index (χ2n) is 13.4. The fraction of sp³-hybridized carbons (Fsp3) is 1.00. The fourth-order valence-electron chi connectivity index (χ4n) is 9.50. The van der Waals surface area contributed by atoms with Crippen LogP contribution in [0.3, 0.4) is 0 Å². The van der Waals surface area contributed by atoms with Crippen LogP contribution in [-0.4, -0.2) is 75.6 Å². The summed E-state index contributed by atoms with van der Waals surface area (Å²) in [5.74, 6) is 0.186. The molecule has 0 spiro atoms. The summed E-state index contributed by atoms with van der Waals surface area (Å²) < 4.78 is 36.7. The van der Waals surface area contributed by atoms with Crippen molar-refractivity contribution in [1.82, 2.24) is 0 Å². The Morgan fingerprint density at radius 1 is 0.919 bits per heavy atom. The molecule has 0 aromatic rings. The van der Waals surface area contributed by atoms with Crippen molar-refractivity contribution in [2.75, 3.05) is 6.61 Å². The molecule has 14 atom stereocenters. The van der Waals surface area contributed by atoms with E-state index in [2.05, 4.69) is 20.8 Å². The molecule has 4 fully saturated rings. The first-order valence-corrected chi connectivity index (χ1v) is 15.5. The lowest BCUT2D eigenvalue weighted by atomic mass is 9.43. The van der Waals surface area contributed by atoms with Gasteiger partial charge in [-0.1, -0.05) is 27.7 Å². The van der Waals surface area contributed by atoms with Crippen LogP contribution in [0.4, 0.5) is 0 Å². The standard InChI is InChI=1S/C27H48O9S/c1-14(5-8-23(15(2)13-28)36-37(33,34)35)17-6-7-18-25-19(11-24(32)27(17,18)4)26(3)12-22(31)20(29)9-16(26)10-21(25)30/h14-25,28-32H,5-13H2,1-4H3,(H,33,34,35)/t14-,15?,16-,17-,18+,19+,20+,21-,22-,23?,24+,25+,26+,27-/m1/s1. The average Bonchev–Trinajstić information content (AvgIpc) is 3.16. The number of aliphatic hydroxyl groups is 5. The van der Waals surface area contributed by atoms with Gasteiger partial charge in [-0.05, 0) is 97.7 Å². The van der Waals surface area contributed by atoms with Crippen LogP contribution in [0.5, 0.6) is 0 Å². The molecular formula is C27H48O9S. The number of aliphatic hydroxyl groups excluding tert-OH is 5. The van der Waals surface area contributed by atoms with E-state index in [0.29, 0.717) is 38.5 Å². The molecule has 0 radical (unpaired) electrons. The largest absolute Gasteiger partial charge is 0.397 e. The van der Waals surface area contributed by atoms with E-state index in [4.69, 9.17) is 4.18 Å². The van der Waals surface area contributed by atoms with E-state index >= 15 is 0 Å². The first-order valence-electron chi connectivity index (χ1n) is 14.1. The Morgan fingerprint density at radius 3 is 2.19 bits per heavy atom. The van der Waals surface area contributed by atoms with E-state index < -0.39 is 52.3 Å². The zero-order valence-electron chi connectivity index (χ0n) is 22.6. The van der Waals surface area contributed by atoms with E-state index in [9.17, 15) is 38.5 Å². The van der Waals surface area contributed by atoms with Crippen LogP contribution >= 0.6 is 0 Å². The lowest BCUT2D eigenvalue weighted by Gasteiger charge is -2.64. The summed E-state index contributed by atoms with van der Waals surface area (Å²) in [4.78, 5) is 0. The predicted octanol–water partition coefficient (Wildman–Crippen LogP) is 2.15. The lowest BCUT2D eigenvalue weighted by molar-refractivity contribution is -0.219. The summed E-state index contributed by atoms with van der Waals surface area (Å²) in [5, 5.41) is 53.5. The molecule has 10 heteroatoms. The molecule has 0 bridgehead atoms. The van der Waals surface area contributed by atoms with Crippen LogP contribution in [-0.2, 0) is 14.6 Å². The summed E-state index contributed by atoms with van der Waals surface area (Å²) in [6.45, 7) is 7.86. The van der Waals surface area contributed by atoms with Crippen LogP contribution in [0.15, 0.2) is 0 Å². The highest BCUT2D eigenvalue weighted by Gasteiger charge is 2.66. The average molecular weight is 549 g/mol. The highest BCUT2D eigenvalue weighted by Crippen LogP contribution is 2.68. The topological polar surface area (TPSA) is 165 Å². The second-order valence-corrected chi connectivity index (χ2v) is 14.5. The summed E-state index contributed by atoms with van der Waals surface area (Å²) in [5.41, 5.74) is -0.644. The lowest BCUT2D eigenvalue weighted by Crippen LogP contribution is -2.63. The van der Waals surface area contributed by atoms with Gasteiger partial charge in [0.2, 0.25) is 0 Å². The highest BCUT2D eigenvalue weighted by atomic mass is 32.3. The van der Waals surface area contributed by atoms with Crippen molar-refractivity contribution >= 4 is 10.4 Å². The fourth-order valence-corrected chi connectivity index (χ4v) is 10.1. The number of fused-ring (bicyclic) bond motifs is 5. The van der Waals surface area contributed by atoms with Crippen molar-refractivity contribution in [2.24, 2.45) is 52.3 Å². The van der Waals surface area contributed by atoms with E-state index in [1.807, 2.05) is 0 Å². The molecule has 0 saturated heterocycles. The normalized spacial score (nSPS) is 48.4. The van der Waals surface area contributed by atoms with Crippen LogP contribution in [0.25, 0.3) is 0 Å². The van der Waals surface area contributed by atoms with E-state index in [0.717, 1.165) is 12.8 Å². The van der Waals surface area contributed by atoms with Gasteiger partial charge in [-0.2, -0.15) is 8.42 Å². The van der Waals surface area contributed by atoms with Gasteiger partial charge in [0.15, 0.2) is 0 Å². The van der Waals surface area contributed by atoms with Crippen LogP contribution in [0.2, 0.25) is 0 Å². The first kappa shape index (κ1) is 29.6. The Bertz CT molecular complexity index is 914. The van der Waals surface area contributed by atoms with Gasteiger partial charge >= 0.3 is 10.4 Å². The molecule has 4 saturated carbocycles. The van der Waals surface area contributed by atoms with Crippen molar-refractivity contribution in [3.8, 4) is 0 Å². The summed E-state index contributed by atoms with van der Waals surface area (Å²) in [6.07, 6.45) is 1.44. The molecule has 0 aliphatic heterocycles. The first-order chi connectivity index (χ1) is 17.1. The van der Waals surface area contributed by atoms with Gasteiger partial charge in [-0.3, -0.25) is 4.55 Å². The zero-order chi connectivity index (χ0) is 27.5. The molecule has 0 aromatic carbocycles. The van der Waals surface area contributed by atoms with Gasteiger partial charge < -0.3 is 25.5 Å². The SMILES string of the molecule is CC(CO)C(CC[C@@H](C)[C@H]1CC[C@H]2[C@@H]3[C@H](O)C[C@H]4C[C@H](O)[C@H](O)C[C@]4(C)[C@H]3C[C@H](O)[C@]12C)OS(=O)(=O)O. The third-order valence-electron chi connectivity index (χ3n) is 11.6. The highest BCUT2D eigenvalue weighted by molar-refractivity contribution is 7.80. The predicted molar refractivity (Wildman–Crippen MR) is 136 cm³/mol. The minimum absolute atomic E-state index is 0.0271. The van der Waals surface area contributed by atoms with E-state index in [-0.39, 0.29) is 47.5 Å². The summed E-state index contributed by atoms with van der Waals surface area (Å²) >= 11 is 0. The Kier molecular flexibility index (Phi) is 8.47. The van der Waals surface area contributed by atoms with E-state index in [1.165, 1.54) is 0 Å². The monoisotopic (exact) mass is 548 g/mol. The molecular weight excluding hydrogens is 500 g/mol. The molecule has 9 nitrogen and oxygen atoms in total. The van der Waals surface area contributed by atoms with Crippen LogP contribution in [0.1, 0.15) is 79.1 Å². The zero-order valence-corrected chi connectivity index (χ0v) is 23.4. The minimum atomic E-state index is -4.64. The Balaban J connectivity index is 1.52. The molecule has 2 unspecified atom stereocenters. The quantitative estimate of drug-likeness (QED) is 0.249. The summed E-state index contributed by atoms with van der Waals surface area (Å²) in [6, 6.07) is 0. The van der Waals surface area contributed by atoms with E-state index in [1.54, 1.807) is 6.92 Å². The molecule has 216 valence electrons. The van der Waals surface area contributed by atoms with Crippen molar-refractivity contribution in [3.05, 3.63) is 0 Å². The molecule has 4 aliphatic carbocycles. The molecule has 0 heterocycles. The third-order valence-corrected chi connectivity index (χ3v) is 12.1. The number of hydrogen-bond donors (Lipinski definition) is 6. The van der Waals surface area contributed by atoms with Gasteiger partial charge in [0.05, 0.1) is 30.5 Å². The maximum Gasteiger partial charge on any atom is 0.397 e. The summed E-state index contributed by atoms with van der Waals surface area (Å²) in [7, 11) is -4.64. The smallest absolute Gasteiger partial charge is 0.396 e. The van der Waals surface area contributed by atoms with Crippen LogP contribution < -0.4 is 0 Å². The molecule has 0 amide bonds. The Morgan fingerprint density at radius 2 is 1.57 bits per heavy atom. The van der Waals surface area contributed by atoms with Gasteiger partial charge in [0.1, 0.15) is 0 Å². The minimum Gasteiger partial charge on any atom is -0.396 e. The number of hydrogen-bond acceptors (Lipinski definition) is 8. The maximum atomic E-state index is 11.7. The Labute approximate surface area is 221 Å². The van der Waals surface area contributed by atoms with Gasteiger partial charge in [-0.25, -0.2) is 4.18 Å². The molecule has 37 heavy (non-hydrogen) atoms. The van der Waals surface area contributed by atoms with Crippen molar-refractivity contribution in [3.63, 3.8) is 0 Å². The van der Waals surface area contributed by atoms with Gasteiger partial charge in [0.25, 0.3) is 0 Å². The maximum absolute atomic E-state index is 11.7.